The number of alkyl halides is 4. The van der Waals surface area contributed by atoms with E-state index in [-0.39, 0.29) is 35.3 Å². The molecule has 35 heavy (non-hydrogen) atoms. The lowest BCUT2D eigenvalue weighted by Gasteiger charge is -2.17. The van der Waals surface area contributed by atoms with Crippen LogP contribution >= 0.6 is 0 Å². The molecule has 9 nitrogen and oxygen atoms in total. The number of anilines is 1. The number of nitrogens with two attached hydrogens (primary N) is 1. The summed E-state index contributed by atoms with van der Waals surface area (Å²) in [6.45, 7) is 0.823. The summed E-state index contributed by atoms with van der Waals surface area (Å²) in [7, 11) is 0. The molecule has 2 atom stereocenters. The highest BCUT2D eigenvalue weighted by molar-refractivity contribution is 5.97. The molecule has 1 saturated heterocycles. The average Bonchev–Trinajstić information content (AvgIpc) is 3.35. The Hall–Kier alpha value is -3.97. The molecule has 4 N–H and O–H groups in total. The van der Waals surface area contributed by atoms with Crippen LogP contribution in [0.1, 0.15) is 28.4 Å². The number of nitrogens with zero attached hydrogens (tertiary/aromatic N) is 4. The Labute approximate surface area is 194 Å². The summed E-state index contributed by atoms with van der Waals surface area (Å²) in [5.74, 6) is -2.20. The van der Waals surface area contributed by atoms with E-state index in [0.29, 0.717) is 0 Å². The van der Waals surface area contributed by atoms with E-state index in [4.69, 9.17) is 10.8 Å². The normalized spacial score (nSPS) is 18.3. The van der Waals surface area contributed by atoms with Crippen molar-refractivity contribution >= 4 is 23.3 Å². The van der Waals surface area contributed by atoms with Crippen molar-refractivity contribution in [2.75, 3.05) is 18.8 Å². The number of hydrogen-bond donors (Lipinski definition) is 3. The number of benzene rings is 1. The van der Waals surface area contributed by atoms with Crippen molar-refractivity contribution in [3.8, 4) is 11.3 Å². The molecule has 0 spiro atoms. The van der Waals surface area contributed by atoms with Crippen LogP contribution in [0.25, 0.3) is 16.8 Å². The minimum Gasteiger partial charge on any atom is -0.465 e. The van der Waals surface area contributed by atoms with E-state index in [1.165, 1.54) is 6.07 Å². The fourth-order valence-corrected chi connectivity index (χ4v) is 4.14. The van der Waals surface area contributed by atoms with Gasteiger partial charge in [0.15, 0.2) is 5.82 Å². The summed E-state index contributed by atoms with van der Waals surface area (Å²) in [6.07, 6.45) is -6.87. The molecule has 0 aliphatic carbocycles. The summed E-state index contributed by atoms with van der Waals surface area (Å²) >= 11 is 0. The SMILES string of the molecule is CCc1c(F)cc(-c2cc(C(F)(F)F)c3c(N)ncnn23)cc1C(=O)N[C@@H]1CN(C(=O)O)C[C@@H]1F. The maximum atomic E-state index is 15.0. The van der Waals surface area contributed by atoms with Crippen LogP contribution in [0.5, 0.6) is 0 Å². The minimum absolute atomic E-state index is 0.0409. The summed E-state index contributed by atoms with van der Waals surface area (Å²) < 4.78 is 71.1. The Morgan fingerprint density at radius 2 is 1.97 bits per heavy atom. The van der Waals surface area contributed by atoms with Crippen molar-refractivity contribution in [2.24, 2.45) is 0 Å². The highest BCUT2D eigenvalue weighted by atomic mass is 19.4. The molecule has 4 rings (SSSR count). The molecule has 186 valence electrons. The Bertz CT molecular complexity index is 1330. The molecule has 1 aliphatic rings. The van der Waals surface area contributed by atoms with Gasteiger partial charge in [-0.05, 0) is 24.6 Å². The number of likely N-dealkylation sites (tertiary alicyclic amines) is 1. The Morgan fingerprint density at radius 3 is 2.57 bits per heavy atom. The highest BCUT2D eigenvalue weighted by Gasteiger charge is 2.38. The summed E-state index contributed by atoms with van der Waals surface area (Å²) in [5, 5.41) is 15.2. The van der Waals surface area contributed by atoms with Gasteiger partial charge in [0.2, 0.25) is 0 Å². The van der Waals surface area contributed by atoms with Gasteiger partial charge < -0.3 is 21.1 Å². The molecule has 0 bridgehead atoms. The number of halogens is 5. The topological polar surface area (TPSA) is 126 Å². The fraction of sp³-hybridized carbons (Fsp3) is 0.333. The fourth-order valence-electron chi connectivity index (χ4n) is 4.14. The molecule has 3 aromatic rings. The first kappa shape index (κ1) is 24.2. The van der Waals surface area contributed by atoms with Crippen LogP contribution in [-0.4, -0.2) is 61.9 Å². The molecule has 1 fully saturated rings. The van der Waals surface area contributed by atoms with Gasteiger partial charge >= 0.3 is 12.3 Å². The second-order valence-corrected chi connectivity index (χ2v) is 7.97. The third kappa shape index (κ3) is 4.31. The molecule has 1 aliphatic heterocycles. The molecule has 2 aromatic heterocycles. The van der Waals surface area contributed by atoms with Crippen molar-refractivity contribution in [2.45, 2.75) is 31.7 Å². The first-order chi connectivity index (χ1) is 16.4. The van der Waals surface area contributed by atoms with E-state index in [0.717, 1.165) is 27.9 Å². The molecule has 0 saturated carbocycles. The Kier molecular flexibility index (Phi) is 5.99. The number of carboxylic acid groups (broad SMARTS) is 1. The maximum absolute atomic E-state index is 15.0. The highest BCUT2D eigenvalue weighted by Crippen LogP contribution is 2.39. The van der Waals surface area contributed by atoms with Gasteiger partial charge in [-0.15, -0.1) is 0 Å². The second-order valence-electron chi connectivity index (χ2n) is 7.97. The number of aromatic nitrogens is 3. The number of nitrogen functional groups attached to an aromatic ring is 1. The number of fused-ring (bicyclic) bond motifs is 1. The van der Waals surface area contributed by atoms with Crippen molar-refractivity contribution in [3.63, 3.8) is 0 Å². The first-order valence-corrected chi connectivity index (χ1v) is 10.4. The van der Waals surface area contributed by atoms with E-state index in [1.807, 2.05) is 0 Å². The molecule has 0 radical (unpaired) electrons. The number of amides is 2. The van der Waals surface area contributed by atoms with Crippen molar-refractivity contribution in [3.05, 3.63) is 47.0 Å². The smallest absolute Gasteiger partial charge is 0.418 e. The third-order valence-corrected chi connectivity index (χ3v) is 5.81. The van der Waals surface area contributed by atoms with Crippen LogP contribution in [0, 0.1) is 5.82 Å². The van der Waals surface area contributed by atoms with E-state index in [1.54, 1.807) is 6.92 Å². The van der Waals surface area contributed by atoms with Gasteiger partial charge in [0.1, 0.15) is 23.8 Å². The predicted octanol–water partition coefficient (Wildman–Crippen LogP) is 3.13. The van der Waals surface area contributed by atoms with Gasteiger partial charge in [0.25, 0.3) is 5.91 Å². The number of rotatable bonds is 4. The summed E-state index contributed by atoms with van der Waals surface area (Å²) in [4.78, 5) is 28.5. The first-order valence-electron chi connectivity index (χ1n) is 10.4. The molecular weight excluding hydrogens is 479 g/mol. The number of nitrogens with one attached hydrogen (secondary N) is 1. The van der Waals surface area contributed by atoms with Gasteiger partial charge in [-0.1, -0.05) is 6.92 Å². The largest absolute Gasteiger partial charge is 0.465 e. The lowest BCUT2D eigenvalue weighted by Crippen LogP contribution is -2.42. The van der Waals surface area contributed by atoms with Crippen LogP contribution in [0.4, 0.5) is 32.6 Å². The number of carbonyl (C=O) groups is 2. The zero-order chi connectivity index (χ0) is 25.7. The quantitative estimate of drug-likeness (QED) is 0.475. The van der Waals surface area contributed by atoms with Gasteiger partial charge in [0.05, 0.1) is 23.8 Å². The van der Waals surface area contributed by atoms with Crippen LogP contribution in [0.2, 0.25) is 0 Å². The molecule has 14 heteroatoms. The third-order valence-electron chi connectivity index (χ3n) is 5.81. The standard InChI is InChI=1S/C21H19F5N6O3/c1-2-10-11(19(33)30-15-7-31(20(34)35)6-14(15)23)3-9(4-13(10)22)16-5-12(21(24,25)26)17-18(27)28-8-29-32(16)17/h3-5,8,14-15H,2,6-7H2,1H3,(H,30,33)(H,34,35)(H2,27,28,29)/t14-,15+/m0/s1. The van der Waals surface area contributed by atoms with Crippen LogP contribution in [0.15, 0.2) is 24.5 Å². The lowest BCUT2D eigenvalue weighted by molar-refractivity contribution is -0.136. The summed E-state index contributed by atoms with van der Waals surface area (Å²) in [6, 6.07) is 1.69. The summed E-state index contributed by atoms with van der Waals surface area (Å²) in [5.41, 5.74) is 3.40. The predicted molar refractivity (Wildman–Crippen MR) is 113 cm³/mol. The second kappa shape index (κ2) is 8.67. The van der Waals surface area contributed by atoms with Gasteiger partial charge in [-0.2, -0.15) is 18.3 Å². The Morgan fingerprint density at radius 1 is 1.26 bits per heavy atom. The minimum atomic E-state index is -4.82. The zero-order valence-electron chi connectivity index (χ0n) is 18.1. The number of hydrogen-bond acceptors (Lipinski definition) is 5. The molecule has 1 aromatic carbocycles. The maximum Gasteiger partial charge on any atom is 0.418 e. The molecule has 2 amide bonds. The van der Waals surface area contributed by atoms with E-state index >= 15 is 4.39 Å². The van der Waals surface area contributed by atoms with Crippen molar-refractivity contribution < 1.29 is 36.6 Å². The van der Waals surface area contributed by atoms with E-state index in [9.17, 15) is 27.2 Å². The van der Waals surface area contributed by atoms with Crippen LogP contribution in [-0.2, 0) is 12.6 Å². The Balaban J connectivity index is 1.79. The van der Waals surface area contributed by atoms with Crippen molar-refractivity contribution in [1.82, 2.24) is 24.8 Å². The van der Waals surface area contributed by atoms with Crippen molar-refractivity contribution in [1.29, 1.82) is 0 Å². The lowest BCUT2D eigenvalue weighted by atomic mass is 9.98. The monoisotopic (exact) mass is 498 g/mol. The van der Waals surface area contributed by atoms with E-state index < -0.39 is 59.7 Å². The average molecular weight is 498 g/mol. The van der Waals surface area contributed by atoms with Crippen LogP contribution in [0.3, 0.4) is 0 Å². The van der Waals surface area contributed by atoms with E-state index in [2.05, 4.69) is 15.4 Å². The molecule has 3 heterocycles. The number of carbonyl (C=O) groups excluding carboxylic acids is 1. The molecular formula is C21H19F5N6O3. The van der Waals surface area contributed by atoms with Gasteiger partial charge in [-0.25, -0.2) is 23.1 Å². The van der Waals surface area contributed by atoms with Gasteiger partial charge in [0, 0.05) is 23.2 Å². The van der Waals surface area contributed by atoms with Gasteiger partial charge in [-0.3, -0.25) is 4.79 Å². The van der Waals surface area contributed by atoms with Crippen LogP contribution < -0.4 is 11.1 Å². The zero-order valence-corrected chi connectivity index (χ0v) is 18.1. The molecule has 0 unspecified atom stereocenters.